The fourth-order valence-electron chi connectivity index (χ4n) is 2.13. The van der Waals surface area contributed by atoms with Crippen LogP contribution in [-0.2, 0) is 4.79 Å². The van der Waals surface area contributed by atoms with E-state index < -0.39 is 0 Å². The quantitative estimate of drug-likeness (QED) is 0.919. The van der Waals surface area contributed by atoms with Crippen molar-refractivity contribution in [2.24, 2.45) is 11.7 Å². The number of halogens is 1. The first-order chi connectivity index (χ1) is 8.67. The second-order valence-electron chi connectivity index (χ2n) is 4.42. The van der Waals surface area contributed by atoms with Gasteiger partial charge in [-0.2, -0.15) is 4.98 Å². The van der Waals surface area contributed by atoms with E-state index in [4.69, 9.17) is 10.2 Å². The molecule has 1 aromatic heterocycles. The Morgan fingerprint density at radius 3 is 3.11 bits per heavy atom. The van der Waals surface area contributed by atoms with Crippen LogP contribution in [0.1, 0.15) is 6.42 Å². The molecule has 2 heterocycles. The Labute approximate surface area is 112 Å². The van der Waals surface area contributed by atoms with Gasteiger partial charge in [0.05, 0.1) is 0 Å². The summed E-state index contributed by atoms with van der Waals surface area (Å²) in [4.78, 5) is 17.8. The molecule has 1 aliphatic rings. The highest BCUT2D eigenvalue weighted by Crippen LogP contribution is 2.28. The Kier molecular flexibility index (Phi) is 2.83. The molecule has 94 valence electrons. The zero-order valence-electron chi connectivity index (χ0n) is 9.60. The largest absolute Gasteiger partial charge is 0.423 e. The van der Waals surface area contributed by atoms with Crippen molar-refractivity contribution >= 4 is 39.0 Å². The zero-order chi connectivity index (χ0) is 12.7. The molecule has 0 radical (unpaired) electrons. The van der Waals surface area contributed by atoms with E-state index in [1.807, 2.05) is 18.2 Å². The number of oxazole rings is 1. The van der Waals surface area contributed by atoms with E-state index in [0.717, 1.165) is 9.99 Å². The standard InChI is InChI=1S/C12H12BrN3O2/c13-8-1-2-9-10(4-8)18-12(15-9)16-6-7(5-14)3-11(16)17/h1-2,4,7H,3,5-6,14H2. The number of hydrogen-bond acceptors (Lipinski definition) is 4. The lowest BCUT2D eigenvalue weighted by molar-refractivity contribution is -0.117. The van der Waals surface area contributed by atoms with Crippen LogP contribution in [0.2, 0.25) is 0 Å². The van der Waals surface area contributed by atoms with Gasteiger partial charge < -0.3 is 10.2 Å². The topological polar surface area (TPSA) is 72.4 Å². The maximum absolute atomic E-state index is 11.8. The molecule has 2 aromatic rings. The van der Waals surface area contributed by atoms with Crippen molar-refractivity contribution in [2.75, 3.05) is 18.0 Å². The Morgan fingerprint density at radius 1 is 1.56 bits per heavy atom. The summed E-state index contributed by atoms with van der Waals surface area (Å²) in [5.74, 6) is 0.218. The number of carbonyl (C=O) groups excluding carboxylic acids is 1. The summed E-state index contributed by atoms with van der Waals surface area (Å²) in [5, 5.41) is 0. The average Bonchev–Trinajstić information content (AvgIpc) is 2.91. The minimum absolute atomic E-state index is 0.0241. The Morgan fingerprint density at radius 2 is 2.39 bits per heavy atom. The zero-order valence-corrected chi connectivity index (χ0v) is 11.2. The van der Waals surface area contributed by atoms with Crippen LogP contribution in [-0.4, -0.2) is 24.0 Å². The van der Waals surface area contributed by atoms with Crippen molar-refractivity contribution < 1.29 is 9.21 Å². The molecule has 1 amide bonds. The van der Waals surface area contributed by atoms with Gasteiger partial charge in [0.2, 0.25) is 5.91 Å². The van der Waals surface area contributed by atoms with Gasteiger partial charge in [-0.1, -0.05) is 15.9 Å². The minimum Gasteiger partial charge on any atom is -0.423 e. The first kappa shape index (κ1) is 11.7. The molecule has 3 rings (SSSR count). The van der Waals surface area contributed by atoms with Gasteiger partial charge in [-0.3, -0.25) is 9.69 Å². The third-order valence-electron chi connectivity index (χ3n) is 3.11. The highest BCUT2D eigenvalue weighted by Gasteiger charge is 2.32. The van der Waals surface area contributed by atoms with Crippen LogP contribution in [0.15, 0.2) is 27.1 Å². The van der Waals surface area contributed by atoms with Gasteiger partial charge in [-0.05, 0) is 30.7 Å². The van der Waals surface area contributed by atoms with E-state index in [2.05, 4.69) is 20.9 Å². The fourth-order valence-corrected chi connectivity index (χ4v) is 2.47. The Bertz CT molecular complexity index is 610. The van der Waals surface area contributed by atoms with Crippen molar-refractivity contribution in [3.8, 4) is 0 Å². The maximum Gasteiger partial charge on any atom is 0.305 e. The predicted octanol–water partition coefficient (Wildman–Crippen LogP) is 1.90. The van der Waals surface area contributed by atoms with E-state index in [-0.39, 0.29) is 11.8 Å². The average molecular weight is 310 g/mol. The van der Waals surface area contributed by atoms with Gasteiger partial charge in [0.25, 0.3) is 0 Å². The van der Waals surface area contributed by atoms with E-state index in [1.54, 1.807) is 4.90 Å². The molecule has 1 fully saturated rings. The van der Waals surface area contributed by atoms with Crippen molar-refractivity contribution in [1.29, 1.82) is 0 Å². The van der Waals surface area contributed by atoms with Gasteiger partial charge in [0.15, 0.2) is 5.58 Å². The summed E-state index contributed by atoms with van der Waals surface area (Å²) >= 11 is 3.37. The van der Waals surface area contributed by atoms with Crippen molar-refractivity contribution in [1.82, 2.24) is 4.98 Å². The monoisotopic (exact) mass is 309 g/mol. The number of rotatable bonds is 2. The molecule has 2 N–H and O–H groups in total. The second-order valence-corrected chi connectivity index (χ2v) is 5.33. The second kappa shape index (κ2) is 4.37. The van der Waals surface area contributed by atoms with Crippen LogP contribution < -0.4 is 10.6 Å². The lowest BCUT2D eigenvalue weighted by Gasteiger charge is -2.10. The van der Waals surface area contributed by atoms with Crippen LogP contribution in [0.25, 0.3) is 11.1 Å². The smallest absolute Gasteiger partial charge is 0.305 e. The van der Waals surface area contributed by atoms with E-state index in [1.165, 1.54) is 0 Å². The highest BCUT2D eigenvalue weighted by atomic mass is 79.9. The number of hydrogen-bond donors (Lipinski definition) is 1. The fraction of sp³-hybridized carbons (Fsp3) is 0.333. The molecule has 6 heteroatoms. The molecule has 1 atom stereocenters. The summed E-state index contributed by atoms with van der Waals surface area (Å²) in [6, 6.07) is 5.95. The van der Waals surface area contributed by atoms with Crippen LogP contribution >= 0.6 is 15.9 Å². The SMILES string of the molecule is NCC1CC(=O)N(c2nc3ccc(Br)cc3o2)C1. The first-order valence-electron chi connectivity index (χ1n) is 5.74. The number of fused-ring (bicyclic) bond motifs is 1. The van der Waals surface area contributed by atoms with Gasteiger partial charge in [-0.25, -0.2) is 0 Å². The molecular formula is C12H12BrN3O2. The van der Waals surface area contributed by atoms with Gasteiger partial charge in [-0.15, -0.1) is 0 Å². The van der Waals surface area contributed by atoms with E-state index in [0.29, 0.717) is 31.1 Å². The molecule has 1 aliphatic heterocycles. The van der Waals surface area contributed by atoms with Crippen LogP contribution in [0.3, 0.4) is 0 Å². The molecule has 1 unspecified atom stereocenters. The summed E-state index contributed by atoms with van der Waals surface area (Å²) in [6.45, 7) is 1.09. The van der Waals surface area contributed by atoms with Crippen LogP contribution in [0.5, 0.6) is 0 Å². The summed E-state index contributed by atoms with van der Waals surface area (Å²) in [7, 11) is 0. The molecule has 0 saturated carbocycles. The maximum atomic E-state index is 11.8. The number of nitrogens with zero attached hydrogens (tertiary/aromatic N) is 2. The summed E-state index contributed by atoms with van der Waals surface area (Å²) in [6.07, 6.45) is 0.471. The number of carbonyl (C=O) groups is 1. The normalized spacial score (nSPS) is 20.0. The number of amides is 1. The lowest BCUT2D eigenvalue weighted by atomic mass is 10.1. The minimum atomic E-state index is 0.0241. The summed E-state index contributed by atoms with van der Waals surface area (Å²) < 4.78 is 6.54. The highest BCUT2D eigenvalue weighted by molar-refractivity contribution is 9.10. The third kappa shape index (κ3) is 1.91. The van der Waals surface area contributed by atoms with Gasteiger partial charge >= 0.3 is 6.01 Å². The van der Waals surface area contributed by atoms with Crippen molar-refractivity contribution in [3.63, 3.8) is 0 Å². The molecular weight excluding hydrogens is 298 g/mol. The van der Waals surface area contributed by atoms with Gasteiger partial charge in [0.1, 0.15) is 5.52 Å². The molecule has 5 nitrogen and oxygen atoms in total. The Hall–Kier alpha value is -1.40. The number of nitrogens with two attached hydrogens (primary N) is 1. The van der Waals surface area contributed by atoms with E-state index >= 15 is 0 Å². The predicted molar refractivity (Wildman–Crippen MR) is 71.2 cm³/mol. The first-order valence-corrected chi connectivity index (χ1v) is 6.53. The van der Waals surface area contributed by atoms with Crippen molar-refractivity contribution in [3.05, 3.63) is 22.7 Å². The summed E-state index contributed by atoms with van der Waals surface area (Å²) in [5.41, 5.74) is 7.01. The molecule has 0 aliphatic carbocycles. The molecule has 0 spiro atoms. The Balaban J connectivity index is 1.97. The van der Waals surface area contributed by atoms with Crippen LogP contribution in [0, 0.1) is 5.92 Å². The lowest BCUT2D eigenvalue weighted by Crippen LogP contribution is -2.25. The molecule has 18 heavy (non-hydrogen) atoms. The number of benzene rings is 1. The number of anilines is 1. The molecule has 0 bridgehead atoms. The molecule has 1 aromatic carbocycles. The van der Waals surface area contributed by atoms with E-state index in [9.17, 15) is 4.79 Å². The van der Waals surface area contributed by atoms with Gasteiger partial charge in [0, 0.05) is 17.4 Å². The molecule has 1 saturated heterocycles. The van der Waals surface area contributed by atoms with Crippen LogP contribution in [0.4, 0.5) is 6.01 Å². The third-order valence-corrected chi connectivity index (χ3v) is 3.60. The number of aromatic nitrogens is 1. The van der Waals surface area contributed by atoms with Crippen molar-refractivity contribution in [2.45, 2.75) is 6.42 Å².